The van der Waals surface area contributed by atoms with E-state index in [-0.39, 0.29) is 11.8 Å². The molecule has 0 fully saturated rings. The number of hydrogen-bond donors (Lipinski definition) is 6. The van der Waals surface area contributed by atoms with E-state index in [1.165, 1.54) is 89.9 Å². The smallest absolute Gasteiger partial charge is 0.252 e. The normalized spacial score (nSPS) is 12.3. The number of carbonyl (C=O) groups is 4. The Hall–Kier alpha value is -2.20. The summed E-state index contributed by atoms with van der Waals surface area (Å²) in [5.74, 6) is -1.30. The molecule has 0 aliphatic carbocycles. The minimum atomic E-state index is -1.82. The van der Waals surface area contributed by atoms with Crippen molar-refractivity contribution < 1.29 is 29.4 Å². The van der Waals surface area contributed by atoms with Gasteiger partial charge >= 0.3 is 0 Å². The first-order valence-corrected chi connectivity index (χ1v) is 20.8. The van der Waals surface area contributed by atoms with Crippen LogP contribution in [-0.4, -0.2) is 72.2 Å². The Morgan fingerprint density at radius 2 is 0.600 bits per heavy atom. The highest BCUT2D eigenvalue weighted by atomic mass is 16.3. The third-order valence-corrected chi connectivity index (χ3v) is 9.30. The molecule has 0 aromatic carbocycles. The van der Waals surface area contributed by atoms with Crippen LogP contribution in [0.1, 0.15) is 194 Å². The van der Waals surface area contributed by atoms with Crippen molar-refractivity contribution in [2.45, 2.75) is 206 Å². The number of unbranched alkanes of at least 4 members (excludes halogenated alkanes) is 22. The Bertz CT molecular complexity index is 762. The molecule has 0 spiro atoms. The van der Waals surface area contributed by atoms with Crippen molar-refractivity contribution in [1.29, 1.82) is 0 Å². The molecule has 10 nitrogen and oxygen atoms in total. The lowest BCUT2D eigenvalue weighted by molar-refractivity contribution is -0.146. The predicted molar refractivity (Wildman–Crippen MR) is 205 cm³/mol. The van der Waals surface area contributed by atoms with Crippen LogP contribution in [0.15, 0.2) is 0 Å². The van der Waals surface area contributed by atoms with Crippen molar-refractivity contribution in [3.05, 3.63) is 0 Å². The van der Waals surface area contributed by atoms with Gasteiger partial charge in [-0.05, 0) is 38.5 Å². The maximum atomic E-state index is 12.2. The van der Waals surface area contributed by atoms with Gasteiger partial charge in [0, 0.05) is 39.0 Å². The van der Waals surface area contributed by atoms with E-state index in [0.29, 0.717) is 51.9 Å². The Morgan fingerprint density at radius 3 is 0.900 bits per heavy atom. The van der Waals surface area contributed by atoms with Crippen LogP contribution in [0, 0.1) is 0 Å². The third kappa shape index (κ3) is 31.8. The summed E-state index contributed by atoms with van der Waals surface area (Å²) in [6.45, 7) is 6.45. The molecule has 6 N–H and O–H groups in total. The van der Waals surface area contributed by atoms with E-state index in [2.05, 4.69) is 35.1 Å². The van der Waals surface area contributed by atoms with Gasteiger partial charge in [-0.25, -0.2) is 0 Å². The molecule has 0 rings (SSSR count). The molecular weight excluding hydrogens is 632 g/mol. The highest BCUT2D eigenvalue weighted by Gasteiger charge is 2.29. The maximum Gasteiger partial charge on any atom is 0.252 e. The van der Waals surface area contributed by atoms with Gasteiger partial charge < -0.3 is 31.5 Å². The Balaban J connectivity index is 3.63. The number of amides is 4. The molecule has 294 valence electrons. The second kappa shape index (κ2) is 36.6. The molecule has 0 unspecified atom stereocenters. The first-order chi connectivity index (χ1) is 24.3. The van der Waals surface area contributed by atoms with E-state index in [4.69, 9.17) is 0 Å². The minimum Gasteiger partial charge on any atom is -0.380 e. The van der Waals surface area contributed by atoms with Crippen LogP contribution < -0.4 is 21.3 Å². The van der Waals surface area contributed by atoms with Crippen molar-refractivity contribution >= 4 is 23.6 Å². The van der Waals surface area contributed by atoms with Crippen LogP contribution in [0.2, 0.25) is 0 Å². The molecule has 4 amide bonds. The zero-order valence-electron chi connectivity index (χ0n) is 32.3. The first kappa shape index (κ1) is 47.8. The minimum absolute atomic E-state index is 0.119. The summed E-state index contributed by atoms with van der Waals surface area (Å²) >= 11 is 0. The van der Waals surface area contributed by atoms with Gasteiger partial charge in [0.05, 0.1) is 0 Å². The molecule has 0 aliphatic heterocycles. The number of rotatable bonds is 37. The van der Waals surface area contributed by atoms with Crippen molar-refractivity contribution in [2.24, 2.45) is 0 Å². The van der Waals surface area contributed by atoms with Gasteiger partial charge in [0.2, 0.25) is 11.8 Å². The molecule has 0 aliphatic rings. The van der Waals surface area contributed by atoms with Crippen LogP contribution in [0.5, 0.6) is 0 Å². The van der Waals surface area contributed by atoms with Gasteiger partial charge in [0.15, 0.2) is 12.2 Å². The predicted octanol–water partition coefficient (Wildman–Crippen LogP) is 7.14. The van der Waals surface area contributed by atoms with Gasteiger partial charge in [0.1, 0.15) is 0 Å². The van der Waals surface area contributed by atoms with E-state index < -0.39 is 24.0 Å². The lowest BCUT2D eigenvalue weighted by atomic mass is 10.1. The van der Waals surface area contributed by atoms with Gasteiger partial charge in [0.25, 0.3) is 11.8 Å². The lowest BCUT2D eigenvalue weighted by Crippen LogP contribution is -2.49. The highest BCUT2D eigenvalue weighted by Crippen LogP contribution is 2.12. The number of carbonyl (C=O) groups excluding carboxylic acids is 4. The second-order valence-corrected chi connectivity index (χ2v) is 14.2. The Morgan fingerprint density at radius 1 is 0.360 bits per heavy atom. The Labute approximate surface area is 305 Å². The summed E-state index contributed by atoms with van der Waals surface area (Å²) in [6.07, 6.45) is 26.5. The quantitative estimate of drug-likeness (QED) is 0.0377. The summed E-state index contributed by atoms with van der Waals surface area (Å²) in [5, 5.41) is 31.3. The first-order valence-electron chi connectivity index (χ1n) is 20.8. The fourth-order valence-electron chi connectivity index (χ4n) is 5.95. The molecule has 0 aromatic rings. The molecular formula is C40H78N4O6. The topological polar surface area (TPSA) is 157 Å². The van der Waals surface area contributed by atoms with Crippen molar-refractivity contribution in [3.63, 3.8) is 0 Å². The third-order valence-electron chi connectivity index (χ3n) is 9.30. The van der Waals surface area contributed by atoms with E-state index >= 15 is 0 Å². The zero-order valence-corrected chi connectivity index (χ0v) is 32.3. The number of aliphatic hydroxyl groups is 2. The number of nitrogens with one attached hydrogen (secondary N) is 4. The maximum absolute atomic E-state index is 12.2. The van der Waals surface area contributed by atoms with E-state index in [0.717, 1.165) is 64.2 Å². The standard InChI is InChI=1S/C40H78N4O6/c1-3-5-7-9-11-13-15-17-23-29-35(45)41-31-25-19-21-27-33-43-39(49)37(47)38(48)40(50)44-34-28-22-20-26-32-42-36(46)30-24-18-16-14-12-10-8-6-4-2/h37-38,47-48H,3-34H2,1-2H3,(H,41,45)(H,42,46)(H,43,49)(H,44,50)/t37-,38-/m1/s1. The number of hydrogen-bond acceptors (Lipinski definition) is 6. The summed E-state index contributed by atoms with van der Waals surface area (Å²) in [4.78, 5) is 48.3. The van der Waals surface area contributed by atoms with Crippen LogP contribution in [0.3, 0.4) is 0 Å². The summed E-state index contributed by atoms with van der Waals surface area (Å²) in [5.41, 5.74) is 0. The van der Waals surface area contributed by atoms with Gasteiger partial charge in [-0.3, -0.25) is 19.2 Å². The molecule has 0 saturated heterocycles. The monoisotopic (exact) mass is 711 g/mol. The molecule has 0 heterocycles. The fourth-order valence-corrected chi connectivity index (χ4v) is 5.95. The zero-order chi connectivity index (χ0) is 36.9. The van der Waals surface area contributed by atoms with Crippen molar-refractivity contribution in [2.75, 3.05) is 26.2 Å². The number of aliphatic hydroxyl groups excluding tert-OH is 2. The van der Waals surface area contributed by atoms with Crippen molar-refractivity contribution in [3.8, 4) is 0 Å². The largest absolute Gasteiger partial charge is 0.380 e. The Kier molecular flexibility index (Phi) is 35.0. The van der Waals surface area contributed by atoms with Gasteiger partial charge in [-0.15, -0.1) is 0 Å². The van der Waals surface area contributed by atoms with Crippen LogP contribution in [0.4, 0.5) is 0 Å². The molecule has 0 bridgehead atoms. The summed E-state index contributed by atoms with van der Waals surface area (Å²) < 4.78 is 0. The second-order valence-electron chi connectivity index (χ2n) is 14.2. The summed E-state index contributed by atoms with van der Waals surface area (Å²) in [6, 6.07) is 0. The molecule has 0 aromatic heterocycles. The molecule has 0 radical (unpaired) electrons. The van der Waals surface area contributed by atoms with Crippen LogP contribution >= 0.6 is 0 Å². The van der Waals surface area contributed by atoms with Crippen LogP contribution in [0.25, 0.3) is 0 Å². The SMILES string of the molecule is CCCCCCCCCCCC(=O)NCCCCCCNC(=O)[C@H](O)[C@@H](O)C(=O)NCCCCCCNC(=O)CCCCCCCCCCC. The highest BCUT2D eigenvalue weighted by molar-refractivity contribution is 5.90. The van der Waals surface area contributed by atoms with Gasteiger partial charge in [-0.2, -0.15) is 0 Å². The van der Waals surface area contributed by atoms with E-state index in [1.54, 1.807) is 0 Å². The van der Waals surface area contributed by atoms with Crippen molar-refractivity contribution in [1.82, 2.24) is 21.3 Å². The summed E-state index contributed by atoms with van der Waals surface area (Å²) in [7, 11) is 0. The average Bonchev–Trinajstić information content (AvgIpc) is 3.11. The fraction of sp³-hybridized carbons (Fsp3) is 0.900. The van der Waals surface area contributed by atoms with Gasteiger partial charge in [-0.1, -0.05) is 142 Å². The molecule has 2 atom stereocenters. The molecule has 50 heavy (non-hydrogen) atoms. The molecule has 10 heteroatoms. The van der Waals surface area contributed by atoms with Crippen LogP contribution in [-0.2, 0) is 19.2 Å². The van der Waals surface area contributed by atoms with E-state index in [1.807, 2.05) is 0 Å². The van der Waals surface area contributed by atoms with E-state index in [9.17, 15) is 29.4 Å². The molecule has 0 saturated carbocycles. The average molecular weight is 711 g/mol. The lowest BCUT2D eigenvalue weighted by Gasteiger charge is -2.17.